The summed E-state index contributed by atoms with van der Waals surface area (Å²) >= 11 is 0. The lowest BCUT2D eigenvalue weighted by atomic mass is 10.1. The summed E-state index contributed by atoms with van der Waals surface area (Å²) in [5.41, 5.74) is 1.04. The molecule has 0 heterocycles. The van der Waals surface area contributed by atoms with Gasteiger partial charge in [0.25, 0.3) is 0 Å². The van der Waals surface area contributed by atoms with Crippen molar-refractivity contribution in [1.82, 2.24) is 0 Å². The van der Waals surface area contributed by atoms with Gasteiger partial charge in [-0.3, -0.25) is 4.79 Å². The Labute approximate surface area is 102 Å². The highest BCUT2D eigenvalue weighted by atomic mass is 16.5. The van der Waals surface area contributed by atoms with Crippen molar-refractivity contribution in [2.75, 3.05) is 6.61 Å². The first-order valence-electron chi connectivity index (χ1n) is 6.16. The first-order valence-corrected chi connectivity index (χ1v) is 6.16. The number of hydrogen-bond donors (Lipinski definition) is 1. The maximum atomic E-state index is 11.4. The highest BCUT2D eigenvalue weighted by Gasteiger charge is 2.03. The van der Waals surface area contributed by atoms with Crippen LogP contribution in [-0.2, 0) is 16.0 Å². The van der Waals surface area contributed by atoms with E-state index in [-0.39, 0.29) is 11.7 Å². The van der Waals surface area contributed by atoms with Crippen LogP contribution in [-0.4, -0.2) is 17.7 Å². The second-order valence-electron chi connectivity index (χ2n) is 4.09. The lowest BCUT2D eigenvalue weighted by Gasteiger charge is -2.04. The molecule has 0 radical (unpaired) electrons. The number of esters is 1. The molecular formula is C14H20O3. The van der Waals surface area contributed by atoms with Gasteiger partial charge in [-0.1, -0.05) is 31.9 Å². The molecule has 3 nitrogen and oxygen atoms in total. The Morgan fingerprint density at radius 2 is 1.94 bits per heavy atom. The van der Waals surface area contributed by atoms with Crippen LogP contribution >= 0.6 is 0 Å². The Hall–Kier alpha value is -1.51. The molecule has 0 atom stereocenters. The van der Waals surface area contributed by atoms with Gasteiger partial charge in [-0.05, 0) is 30.5 Å². The summed E-state index contributed by atoms with van der Waals surface area (Å²) in [6, 6.07) is 6.89. The third kappa shape index (κ3) is 5.95. The smallest absolute Gasteiger partial charge is 0.306 e. The average Bonchev–Trinajstić information content (AvgIpc) is 2.34. The van der Waals surface area contributed by atoms with E-state index >= 15 is 0 Å². The van der Waals surface area contributed by atoms with Gasteiger partial charge in [0.15, 0.2) is 0 Å². The number of rotatable bonds is 7. The van der Waals surface area contributed by atoms with Crippen LogP contribution in [0.2, 0.25) is 0 Å². The van der Waals surface area contributed by atoms with E-state index in [0.29, 0.717) is 19.4 Å². The maximum Gasteiger partial charge on any atom is 0.306 e. The number of carbonyl (C=O) groups excluding carboxylic acids is 1. The molecule has 1 rings (SSSR count). The molecule has 17 heavy (non-hydrogen) atoms. The van der Waals surface area contributed by atoms with Gasteiger partial charge in [-0.25, -0.2) is 0 Å². The quantitative estimate of drug-likeness (QED) is 0.584. The van der Waals surface area contributed by atoms with Gasteiger partial charge < -0.3 is 9.84 Å². The van der Waals surface area contributed by atoms with E-state index in [1.807, 2.05) is 12.1 Å². The highest BCUT2D eigenvalue weighted by molar-refractivity contribution is 5.69. The molecule has 0 unspecified atom stereocenters. The molecule has 1 aromatic carbocycles. The van der Waals surface area contributed by atoms with Crippen LogP contribution in [0.5, 0.6) is 5.75 Å². The van der Waals surface area contributed by atoms with Crippen molar-refractivity contribution in [1.29, 1.82) is 0 Å². The number of ether oxygens (including phenoxy) is 1. The number of phenolic OH excluding ortho intramolecular Hbond substituents is 1. The summed E-state index contributed by atoms with van der Waals surface area (Å²) in [7, 11) is 0. The Bertz CT molecular complexity index is 330. The normalized spacial score (nSPS) is 10.2. The van der Waals surface area contributed by atoms with Gasteiger partial charge in [0.05, 0.1) is 6.61 Å². The van der Waals surface area contributed by atoms with Crippen molar-refractivity contribution < 1.29 is 14.6 Å². The summed E-state index contributed by atoms with van der Waals surface area (Å²) in [6.45, 7) is 2.65. The van der Waals surface area contributed by atoms with Crippen molar-refractivity contribution in [3.8, 4) is 5.75 Å². The number of unbranched alkanes of at least 4 members (excludes halogenated alkanes) is 2. The van der Waals surface area contributed by atoms with Gasteiger partial charge in [-0.2, -0.15) is 0 Å². The zero-order valence-electron chi connectivity index (χ0n) is 10.3. The number of hydrogen-bond acceptors (Lipinski definition) is 3. The summed E-state index contributed by atoms with van der Waals surface area (Å²) in [6.07, 6.45) is 4.24. The van der Waals surface area contributed by atoms with E-state index in [9.17, 15) is 4.79 Å². The van der Waals surface area contributed by atoms with Gasteiger partial charge in [0.1, 0.15) is 5.75 Å². The zero-order chi connectivity index (χ0) is 12.5. The van der Waals surface area contributed by atoms with Crippen molar-refractivity contribution >= 4 is 5.97 Å². The highest BCUT2D eigenvalue weighted by Crippen LogP contribution is 2.11. The summed E-state index contributed by atoms with van der Waals surface area (Å²) in [5.74, 6) is 0.102. The van der Waals surface area contributed by atoms with Crippen molar-refractivity contribution in [3.05, 3.63) is 29.8 Å². The van der Waals surface area contributed by atoms with Crippen LogP contribution in [0.1, 0.15) is 38.2 Å². The van der Waals surface area contributed by atoms with E-state index in [4.69, 9.17) is 9.84 Å². The van der Waals surface area contributed by atoms with Crippen LogP contribution in [0.15, 0.2) is 24.3 Å². The van der Waals surface area contributed by atoms with Crippen molar-refractivity contribution in [2.24, 2.45) is 0 Å². The standard InChI is InChI=1S/C14H20O3/c1-2-3-4-11-17-14(16)10-7-12-5-8-13(15)9-6-12/h5-6,8-9,15H,2-4,7,10-11H2,1H3. The number of carbonyl (C=O) groups is 1. The predicted octanol–water partition coefficient (Wildman–Crippen LogP) is 3.06. The molecule has 0 saturated carbocycles. The molecule has 0 bridgehead atoms. The first kappa shape index (κ1) is 13.6. The molecule has 0 fully saturated rings. The lowest BCUT2D eigenvalue weighted by Crippen LogP contribution is -2.06. The topological polar surface area (TPSA) is 46.5 Å². The third-order valence-corrected chi connectivity index (χ3v) is 2.57. The lowest BCUT2D eigenvalue weighted by molar-refractivity contribution is -0.143. The third-order valence-electron chi connectivity index (χ3n) is 2.57. The van der Waals surface area contributed by atoms with Crippen LogP contribution < -0.4 is 0 Å². The number of phenols is 1. The van der Waals surface area contributed by atoms with E-state index in [1.165, 1.54) is 0 Å². The largest absolute Gasteiger partial charge is 0.508 e. The molecule has 0 aliphatic heterocycles. The minimum absolute atomic E-state index is 0.144. The fraction of sp³-hybridized carbons (Fsp3) is 0.500. The zero-order valence-corrected chi connectivity index (χ0v) is 10.3. The number of benzene rings is 1. The fourth-order valence-electron chi connectivity index (χ4n) is 1.52. The van der Waals surface area contributed by atoms with Gasteiger partial charge in [0.2, 0.25) is 0 Å². The molecule has 1 aromatic rings. The maximum absolute atomic E-state index is 11.4. The molecule has 0 spiro atoms. The molecule has 94 valence electrons. The van der Waals surface area contributed by atoms with Crippen LogP contribution in [0, 0.1) is 0 Å². The predicted molar refractivity (Wildman–Crippen MR) is 66.9 cm³/mol. The van der Waals surface area contributed by atoms with E-state index in [0.717, 1.165) is 24.8 Å². The minimum Gasteiger partial charge on any atom is -0.508 e. The second-order valence-corrected chi connectivity index (χ2v) is 4.09. The van der Waals surface area contributed by atoms with E-state index in [1.54, 1.807) is 12.1 Å². The SMILES string of the molecule is CCCCCOC(=O)CCc1ccc(O)cc1. The molecule has 0 aromatic heterocycles. The summed E-state index contributed by atoms with van der Waals surface area (Å²) in [4.78, 5) is 11.4. The fourth-order valence-corrected chi connectivity index (χ4v) is 1.52. The van der Waals surface area contributed by atoms with E-state index in [2.05, 4.69) is 6.92 Å². The average molecular weight is 236 g/mol. The van der Waals surface area contributed by atoms with Gasteiger partial charge in [0, 0.05) is 6.42 Å². The minimum atomic E-state index is -0.144. The van der Waals surface area contributed by atoms with Gasteiger partial charge >= 0.3 is 5.97 Å². The van der Waals surface area contributed by atoms with Crippen LogP contribution in [0.4, 0.5) is 0 Å². The summed E-state index contributed by atoms with van der Waals surface area (Å²) in [5, 5.41) is 9.11. The number of aryl methyl sites for hydroxylation is 1. The molecule has 0 saturated heterocycles. The Morgan fingerprint density at radius 3 is 2.59 bits per heavy atom. The molecule has 3 heteroatoms. The molecule has 0 aliphatic rings. The van der Waals surface area contributed by atoms with Crippen molar-refractivity contribution in [2.45, 2.75) is 39.0 Å². The Balaban J connectivity index is 2.17. The first-order chi connectivity index (χ1) is 8.22. The Morgan fingerprint density at radius 1 is 1.24 bits per heavy atom. The molecule has 1 N–H and O–H groups in total. The van der Waals surface area contributed by atoms with Crippen LogP contribution in [0.25, 0.3) is 0 Å². The van der Waals surface area contributed by atoms with Crippen molar-refractivity contribution in [3.63, 3.8) is 0 Å². The monoisotopic (exact) mass is 236 g/mol. The molecular weight excluding hydrogens is 216 g/mol. The van der Waals surface area contributed by atoms with Crippen LogP contribution in [0.3, 0.4) is 0 Å². The van der Waals surface area contributed by atoms with E-state index < -0.39 is 0 Å². The van der Waals surface area contributed by atoms with Gasteiger partial charge in [-0.15, -0.1) is 0 Å². The molecule has 0 amide bonds. The number of aromatic hydroxyl groups is 1. The molecule has 0 aliphatic carbocycles. The summed E-state index contributed by atoms with van der Waals surface area (Å²) < 4.78 is 5.10. The second kappa shape index (κ2) is 7.71. The Kier molecular flexibility index (Phi) is 6.15.